The first kappa shape index (κ1) is 14.5. The van der Waals surface area contributed by atoms with Crippen LogP contribution in [0.2, 0.25) is 0 Å². The van der Waals surface area contributed by atoms with Crippen molar-refractivity contribution in [3.63, 3.8) is 0 Å². The maximum atomic E-state index is 14.1. The van der Waals surface area contributed by atoms with Gasteiger partial charge in [-0.3, -0.25) is 9.20 Å². The third-order valence-electron chi connectivity index (χ3n) is 4.23. The van der Waals surface area contributed by atoms with Gasteiger partial charge in [0.25, 0.3) is 5.56 Å². The molecule has 0 saturated heterocycles. The number of anilines is 1. The van der Waals surface area contributed by atoms with E-state index in [2.05, 4.69) is 11.6 Å². The highest BCUT2D eigenvalue weighted by molar-refractivity contribution is 5.67. The standard InChI is InChI=1S/C17H15FN4O2/c1-10-8-19-17-21(10)15(18)7-16(23)22(17)12-4-5-14-13(6-12)20(3)11(2)9-24-14/h4-8H,2,9H2,1,3H3. The average Bonchev–Trinajstić information content (AvgIpc) is 2.93. The maximum absolute atomic E-state index is 14.1. The lowest BCUT2D eigenvalue weighted by Crippen LogP contribution is -2.27. The summed E-state index contributed by atoms with van der Waals surface area (Å²) < 4.78 is 22.4. The lowest BCUT2D eigenvalue weighted by molar-refractivity contribution is 0.338. The molecule has 0 fully saturated rings. The first-order valence-electron chi connectivity index (χ1n) is 7.41. The summed E-state index contributed by atoms with van der Waals surface area (Å²) in [4.78, 5) is 18.5. The molecule has 0 radical (unpaired) electrons. The average molecular weight is 326 g/mol. The van der Waals surface area contributed by atoms with Gasteiger partial charge in [-0.2, -0.15) is 4.39 Å². The molecule has 0 aliphatic carbocycles. The van der Waals surface area contributed by atoms with Gasteiger partial charge in [0.15, 0.2) is 0 Å². The Labute approximate surface area is 137 Å². The van der Waals surface area contributed by atoms with Crippen LogP contribution < -0.4 is 15.2 Å². The van der Waals surface area contributed by atoms with Gasteiger partial charge >= 0.3 is 0 Å². The van der Waals surface area contributed by atoms with Crippen LogP contribution in [0.15, 0.2) is 47.5 Å². The number of likely N-dealkylation sites (N-methyl/N-ethyl adjacent to an activating group) is 1. The molecule has 0 amide bonds. The first-order chi connectivity index (χ1) is 11.5. The normalized spacial score (nSPS) is 14.0. The summed E-state index contributed by atoms with van der Waals surface area (Å²) in [6.45, 7) is 6.10. The van der Waals surface area contributed by atoms with Crippen LogP contribution in [-0.2, 0) is 0 Å². The number of benzene rings is 1. The molecule has 3 aromatic rings. The van der Waals surface area contributed by atoms with Gasteiger partial charge in [0.05, 0.1) is 23.6 Å². The number of aryl methyl sites for hydroxylation is 1. The second kappa shape index (κ2) is 4.95. The summed E-state index contributed by atoms with van der Waals surface area (Å²) >= 11 is 0. The minimum atomic E-state index is -0.631. The number of ether oxygens (including phenoxy) is 1. The summed E-state index contributed by atoms with van der Waals surface area (Å²) in [5.41, 5.74) is 2.32. The fraction of sp³-hybridized carbons (Fsp3) is 0.176. The van der Waals surface area contributed by atoms with Crippen LogP contribution in [0.3, 0.4) is 0 Å². The maximum Gasteiger partial charge on any atom is 0.262 e. The molecule has 122 valence electrons. The lowest BCUT2D eigenvalue weighted by atomic mass is 10.2. The molecule has 0 unspecified atom stereocenters. The summed E-state index contributed by atoms with van der Waals surface area (Å²) in [6.07, 6.45) is 1.53. The van der Waals surface area contributed by atoms with Gasteiger partial charge in [-0.05, 0) is 25.1 Å². The Bertz CT molecular complexity index is 1050. The minimum Gasteiger partial charge on any atom is -0.485 e. The number of hydrogen-bond donors (Lipinski definition) is 0. The Hall–Kier alpha value is -3.09. The van der Waals surface area contributed by atoms with Crippen LogP contribution in [0.4, 0.5) is 10.1 Å². The lowest BCUT2D eigenvalue weighted by Gasteiger charge is -2.30. The number of rotatable bonds is 1. The Morgan fingerprint density at radius 3 is 2.92 bits per heavy atom. The van der Waals surface area contributed by atoms with Crippen LogP contribution >= 0.6 is 0 Å². The Balaban J connectivity index is 2.00. The predicted molar refractivity (Wildman–Crippen MR) is 88.5 cm³/mol. The number of hydrogen-bond acceptors (Lipinski definition) is 4. The van der Waals surface area contributed by atoms with Gasteiger partial charge < -0.3 is 9.64 Å². The Morgan fingerprint density at radius 2 is 2.12 bits per heavy atom. The quantitative estimate of drug-likeness (QED) is 0.644. The predicted octanol–water partition coefficient (Wildman–Crippen LogP) is 2.28. The van der Waals surface area contributed by atoms with E-state index < -0.39 is 11.5 Å². The molecule has 1 aliphatic heterocycles. The molecule has 6 nitrogen and oxygen atoms in total. The van der Waals surface area contributed by atoms with Crippen molar-refractivity contribution < 1.29 is 9.13 Å². The zero-order valence-corrected chi connectivity index (χ0v) is 13.3. The third-order valence-corrected chi connectivity index (χ3v) is 4.23. The molecular weight excluding hydrogens is 311 g/mol. The number of nitrogens with zero attached hydrogens (tertiary/aromatic N) is 4. The fourth-order valence-corrected chi connectivity index (χ4v) is 2.88. The first-order valence-corrected chi connectivity index (χ1v) is 7.41. The minimum absolute atomic E-state index is 0.232. The molecule has 24 heavy (non-hydrogen) atoms. The fourth-order valence-electron chi connectivity index (χ4n) is 2.88. The van der Waals surface area contributed by atoms with Crippen molar-refractivity contribution in [1.29, 1.82) is 0 Å². The van der Waals surface area contributed by atoms with Crippen molar-refractivity contribution in [2.45, 2.75) is 6.92 Å². The highest BCUT2D eigenvalue weighted by Crippen LogP contribution is 2.35. The smallest absolute Gasteiger partial charge is 0.262 e. The molecule has 2 aromatic heterocycles. The molecule has 0 N–H and O–H groups in total. The molecule has 3 heterocycles. The van der Waals surface area contributed by atoms with Gasteiger partial charge in [-0.15, -0.1) is 0 Å². The summed E-state index contributed by atoms with van der Waals surface area (Å²) in [6, 6.07) is 6.31. The largest absolute Gasteiger partial charge is 0.485 e. The van der Waals surface area contributed by atoms with Crippen molar-refractivity contribution in [2.75, 3.05) is 18.6 Å². The summed E-state index contributed by atoms with van der Waals surface area (Å²) in [7, 11) is 1.89. The summed E-state index contributed by atoms with van der Waals surface area (Å²) in [5.74, 6) is 0.308. The van der Waals surface area contributed by atoms with Crippen LogP contribution in [0.1, 0.15) is 5.69 Å². The molecule has 1 aliphatic rings. The van der Waals surface area contributed by atoms with E-state index in [1.807, 2.05) is 18.0 Å². The Kier molecular flexibility index (Phi) is 2.99. The highest BCUT2D eigenvalue weighted by Gasteiger charge is 2.20. The van der Waals surface area contributed by atoms with Gasteiger partial charge in [0.2, 0.25) is 11.7 Å². The van der Waals surface area contributed by atoms with Crippen LogP contribution in [-0.4, -0.2) is 27.6 Å². The molecule has 0 saturated carbocycles. The van der Waals surface area contributed by atoms with E-state index in [9.17, 15) is 9.18 Å². The molecule has 0 bridgehead atoms. The molecule has 4 rings (SSSR count). The highest BCUT2D eigenvalue weighted by atomic mass is 19.1. The molecular formula is C17H15FN4O2. The van der Waals surface area contributed by atoms with E-state index in [0.29, 0.717) is 23.7 Å². The molecule has 7 heteroatoms. The van der Waals surface area contributed by atoms with Crippen LogP contribution in [0, 0.1) is 12.9 Å². The topological polar surface area (TPSA) is 51.8 Å². The van der Waals surface area contributed by atoms with Crippen molar-refractivity contribution in [2.24, 2.45) is 0 Å². The number of imidazole rings is 1. The number of aromatic nitrogens is 3. The van der Waals surface area contributed by atoms with Crippen molar-refractivity contribution >= 4 is 11.5 Å². The number of halogens is 1. The van der Waals surface area contributed by atoms with E-state index in [4.69, 9.17) is 4.74 Å². The van der Waals surface area contributed by atoms with E-state index in [0.717, 1.165) is 17.5 Å². The van der Waals surface area contributed by atoms with Crippen LogP contribution in [0.5, 0.6) is 5.75 Å². The second-order valence-electron chi connectivity index (χ2n) is 5.74. The van der Waals surface area contributed by atoms with Gasteiger partial charge in [-0.25, -0.2) is 9.55 Å². The molecule has 0 spiro atoms. The number of fused-ring (bicyclic) bond motifs is 2. The van der Waals surface area contributed by atoms with Gasteiger partial charge in [0.1, 0.15) is 12.4 Å². The monoisotopic (exact) mass is 326 g/mol. The Morgan fingerprint density at radius 1 is 1.33 bits per heavy atom. The third kappa shape index (κ3) is 1.94. The van der Waals surface area contributed by atoms with E-state index in [1.165, 1.54) is 15.2 Å². The SMILES string of the molecule is C=C1COc2ccc(-n3c(=O)cc(F)n4c(C)cnc34)cc2N1C. The zero-order chi connectivity index (χ0) is 17.0. The van der Waals surface area contributed by atoms with Crippen molar-refractivity contribution in [3.05, 3.63) is 64.7 Å². The van der Waals surface area contributed by atoms with E-state index in [-0.39, 0.29) is 5.78 Å². The second-order valence-corrected chi connectivity index (χ2v) is 5.74. The van der Waals surface area contributed by atoms with Crippen molar-refractivity contribution in [3.8, 4) is 11.4 Å². The van der Waals surface area contributed by atoms with Crippen molar-refractivity contribution in [1.82, 2.24) is 14.0 Å². The van der Waals surface area contributed by atoms with Crippen LogP contribution in [0.25, 0.3) is 11.5 Å². The summed E-state index contributed by atoms with van der Waals surface area (Å²) in [5, 5.41) is 0. The zero-order valence-electron chi connectivity index (χ0n) is 13.3. The molecule has 1 aromatic carbocycles. The van der Waals surface area contributed by atoms with E-state index >= 15 is 0 Å². The molecule has 0 atom stereocenters. The van der Waals surface area contributed by atoms with Gasteiger partial charge in [-0.1, -0.05) is 6.58 Å². The van der Waals surface area contributed by atoms with E-state index in [1.54, 1.807) is 19.1 Å². The van der Waals surface area contributed by atoms with Gasteiger partial charge in [0, 0.05) is 18.4 Å².